The number of nitrogens with one attached hydrogen (secondary N) is 1. The van der Waals surface area contributed by atoms with E-state index in [1.54, 1.807) is 0 Å². The molecule has 0 heterocycles. The Bertz CT molecular complexity index is 511. The average Bonchev–Trinajstić information content (AvgIpc) is 2.57. The van der Waals surface area contributed by atoms with Crippen LogP contribution in [0, 0.1) is 0 Å². The van der Waals surface area contributed by atoms with Crippen LogP contribution in [-0.2, 0) is 11.2 Å². The van der Waals surface area contributed by atoms with Gasteiger partial charge < -0.3 is 5.32 Å². The van der Waals surface area contributed by atoms with E-state index in [0.29, 0.717) is 5.57 Å². The zero-order chi connectivity index (χ0) is 16.9. The van der Waals surface area contributed by atoms with Gasteiger partial charge in [-0.3, -0.25) is 4.79 Å². The van der Waals surface area contributed by atoms with Crippen LogP contribution < -0.4 is 5.32 Å². The molecule has 0 unspecified atom stereocenters. The molecular weight excluding hydrogens is 282 g/mol. The molecule has 1 aromatic carbocycles. The summed E-state index contributed by atoms with van der Waals surface area (Å²) in [5, 5.41) is 2.93. The second-order valence-corrected chi connectivity index (χ2v) is 6.04. The smallest absolute Gasteiger partial charge is 0.251 e. The van der Waals surface area contributed by atoms with Gasteiger partial charge in [0, 0.05) is 11.3 Å². The van der Waals surface area contributed by atoms with Gasteiger partial charge in [-0.1, -0.05) is 69.4 Å². The van der Waals surface area contributed by atoms with Gasteiger partial charge >= 0.3 is 0 Å². The molecule has 0 aliphatic heterocycles. The Balaban J connectivity index is 2.37. The molecule has 23 heavy (non-hydrogen) atoms. The van der Waals surface area contributed by atoms with Crippen LogP contribution in [0.4, 0.5) is 5.69 Å². The third-order valence-electron chi connectivity index (χ3n) is 3.93. The quantitative estimate of drug-likeness (QED) is 0.318. The summed E-state index contributed by atoms with van der Waals surface area (Å²) in [5.74, 6) is -0.0493. The molecule has 0 radical (unpaired) electrons. The fourth-order valence-corrected chi connectivity index (χ4v) is 2.41. The summed E-state index contributed by atoms with van der Waals surface area (Å²) in [5.41, 5.74) is 2.91. The summed E-state index contributed by atoms with van der Waals surface area (Å²) in [6, 6.07) is 8.22. The van der Waals surface area contributed by atoms with Crippen LogP contribution in [-0.4, -0.2) is 5.91 Å². The molecule has 126 valence electrons. The molecule has 1 N–H and O–H groups in total. The maximum Gasteiger partial charge on any atom is 0.251 e. The summed E-state index contributed by atoms with van der Waals surface area (Å²) in [6.45, 7) is 6.00. The highest BCUT2D eigenvalue weighted by atomic mass is 16.1. The number of hydrogen-bond donors (Lipinski definition) is 1. The molecule has 0 spiro atoms. The average molecular weight is 313 g/mol. The molecule has 0 atom stereocenters. The predicted octanol–water partition coefficient (Wildman–Crippen LogP) is 6.05. The number of aryl methyl sites for hydroxylation is 1. The Kier molecular flexibility index (Phi) is 9.78. The molecule has 1 aromatic rings. The van der Waals surface area contributed by atoms with Gasteiger partial charge in [-0.05, 0) is 44.4 Å². The van der Waals surface area contributed by atoms with E-state index in [1.165, 1.54) is 44.1 Å². The standard InChI is InChI=1S/C21H31NO/c1-4-6-8-9-10-11-13-19-14-16-20(17-15-19)22-21(23)18(3)12-7-5-2/h5,7,12,14-17H,4,6,8-11,13H2,1-3H3,(H,22,23)/b7-5+,18-12+. The lowest BCUT2D eigenvalue weighted by molar-refractivity contribution is -0.112. The molecule has 0 bridgehead atoms. The number of carbonyl (C=O) groups is 1. The minimum absolute atomic E-state index is 0.0493. The first-order valence-electron chi connectivity index (χ1n) is 8.87. The highest BCUT2D eigenvalue weighted by molar-refractivity contribution is 6.03. The Labute approximate surface area is 141 Å². The highest BCUT2D eigenvalue weighted by Gasteiger charge is 2.04. The molecule has 1 amide bonds. The second kappa shape index (κ2) is 11.7. The van der Waals surface area contributed by atoms with Gasteiger partial charge in [-0.15, -0.1) is 0 Å². The second-order valence-electron chi connectivity index (χ2n) is 6.04. The first kappa shape index (κ1) is 19.2. The minimum Gasteiger partial charge on any atom is -0.322 e. The monoisotopic (exact) mass is 313 g/mol. The largest absolute Gasteiger partial charge is 0.322 e. The van der Waals surface area contributed by atoms with Crippen LogP contribution in [0.15, 0.2) is 48.1 Å². The summed E-state index contributed by atoms with van der Waals surface area (Å²) in [6.07, 6.45) is 14.7. The van der Waals surface area contributed by atoms with Gasteiger partial charge in [-0.2, -0.15) is 0 Å². The molecule has 2 heteroatoms. The lowest BCUT2D eigenvalue weighted by atomic mass is 10.0. The lowest BCUT2D eigenvalue weighted by Crippen LogP contribution is -2.12. The van der Waals surface area contributed by atoms with Crippen molar-refractivity contribution in [2.75, 3.05) is 5.32 Å². The van der Waals surface area contributed by atoms with E-state index in [1.807, 2.05) is 44.2 Å². The molecule has 0 saturated heterocycles. The van der Waals surface area contributed by atoms with Gasteiger partial charge in [-0.25, -0.2) is 0 Å². The topological polar surface area (TPSA) is 29.1 Å². The van der Waals surface area contributed by atoms with Gasteiger partial charge in [0.05, 0.1) is 0 Å². The van der Waals surface area contributed by atoms with Crippen LogP contribution in [0.5, 0.6) is 0 Å². The summed E-state index contributed by atoms with van der Waals surface area (Å²) in [4.78, 5) is 12.0. The molecule has 0 aliphatic carbocycles. The first-order chi connectivity index (χ1) is 11.2. The summed E-state index contributed by atoms with van der Waals surface area (Å²) < 4.78 is 0. The predicted molar refractivity (Wildman–Crippen MR) is 101 cm³/mol. The van der Waals surface area contributed by atoms with Gasteiger partial charge in [0.25, 0.3) is 5.91 Å². The van der Waals surface area contributed by atoms with Crippen LogP contribution >= 0.6 is 0 Å². The number of hydrogen-bond acceptors (Lipinski definition) is 1. The van der Waals surface area contributed by atoms with E-state index in [4.69, 9.17) is 0 Å². The van der Waals surface area contributed by atoms with Crippen molar-refractivity contribution in [3.8, 4) is 0 Å². The van der Waals surface area contributed by atoms with Gasteiger partial charge in [0.15, 0.2) is 0 Å². The number of carbonyl (C=O) groups excluding carboxylic acids is 1. The maximum atomic E-state index is 12.0. The van der Waals surface area contributed by atoms with Crippen LogP contribution in [0.2, 0.25) is 0 Å². The normalized spacial score (nSPS) is 11.9. The molecule has 0 saturated carbocycles. The van der Waals surface area contributed by atoms with E-state index in [9.17, 15) is 4.79 Å². The summed E-state index contributed by atoms with van der Waals surface area (Å²) >= 11 is 0. The first-order valence-corrected chi connectivity index (χ1v) is 8.87. The molecule has 2 nitrogen and oxygen atoms in total. The van der Waals surface area contributed by atoms with Gasteiger partial charge in [0.2, 0.25) is 0 Å². The molecule has 0 fully saturated rings. The molecule has 0 aliphatic rings. The number of rotatable bonds is 10. The van der Waals surface area contributed by atoms with E-state index in [2.05, 4.69) is 24.4 Å². The highest BCUT2D eigenvalue weighted by Crippen LogP contribution is 2.14. The van der Waals surface area contributed by atoms with Crippen molar-refractivity contribution in [1.82, 2.24) is 0 Å². The Morgan fingerprint density at radius 3 is 2.35 bits per heavy atom. The van der Waals surface area contributed by atoms with Crippen molar-refractivity contribution in [1.29, 1.82) is 0 Å². The van der Waals surface area contributed by atoms with E-state index in [-0.39, 0.29) is 5.91 Å². The van der Waals surface area contributed by atoms with Gasteiger partial charge in [0.1, 0.15) is 0 Å². The van der Waals surface area contributed by atoms with E-state index >= 15 is 0 Å². The minimum atomic E-state index is -0.0493. The van der Waals surface area contributed by atoms with Crippen molar-refractivity contribution in [3.63, 3.8) is 0 Å². The molecular formula is C21H31NO. The fraction of sp³-hybridized carbons (Fsp3) is 0.476. The zero-order valence-electron chi connectivity index (χ0n) is 14.9. The molecule has 0 aromatic heterocycles. The van der Waals surface area contributed by atoms with Crippen LogP contribution in [0.25, 0.3) is 0 Å². The van der Waals surface area contributed by atoms with Crippen molar-refractivity contribution in [2.45, 2.75) is 65.7 Å². The van der Waals surface area contributed by atoms with E-state index < -0.39 is 0 Å². The SMILES string of the molecule is C/C=C/C=C(\C)C(=O)Nc1ccc(CCCCCCCC)cc1. The van der Waals surface area contributed by atoms with Crippen molar-refractivity contribution < 1.29 is 4.79 Å². The van der Waals surface area contributed by atoms with Crippen molar-refractivity contribution in [2.24, 2.45) is 0 Å². The number of amides is 1. The Morgan fingerprint density at radius 2 is 1.70 bits per heavy atom. The lowest BCUT2D eigenvalue weighted by Gasteiger charge is -2.07. The number of anilines is 1. The van der Waals surface area contributed by atoms with Crippen molar-refractivity contribution in [3.05, 3.63) is 53.6 Å². The Hall–Kier alpha value is -1.83. The third-order valence-corrected chi connectivity index (χ3v) is 3.93. The maximum absolute atomic E-state index is 12.0. The molecule has 1 rings (SSSR count). The van der Waals surface area contributed by atoms with Crippen molar-refractivity contribution >= 4 is 11.6 Å². The zero-order valence-corrected chi connectivity index (χ0v) is 14.9. The third kappa shape index (κ3) is 8.39. The van der Waals surface area contributed by atoms with E-state index in [0.717, 1.165) is 12.1 Å². The van der Waals surface area contributed by atoms with Crippen LogP contribution in [0.3, 0.4) is 0 Å². The van der Waals surface area contributed by atoms with Crippen LogP contribution in [0.1, 0.15) is 64.9 Å². The number of unbranched alkanes of at least 4 members (excludes halogenated alkanes) is 5. The summed E-state index contributed by atoms with van der Waals surface area (Å²) in [7, 11) is 0. The Morgan fingerprint density at radius 1 is 1.04 bits per heavy atom. The number of benzene rings is 1. The fourth-order valence-electron chi connectivity index (χ4n) is 2.41. The number of allylic oxidation sites excluding steroid dienone is 3.